The second-order valence-electron chi connectivity index (χ2n) is 6.52. The molecular weight excluding hydrogens is 262 g/mol. The molecule has 0 aliphatic heterocycles. The van der Waals surface area contributed by atoms with Crippen LogP contribution in [0.5, 0.6) is 0 Å². The number of amides is 1. The van der Waals surface area contributed by atoms with Crippen molar-refractivity contribution in [1.82, 2.24) is 5.32 Å². The van der Waals surface area contributed by atoms with E-state index in [1.165, 1.54) is 12.8 Å². The number of nitrogen functional groups attached to an aromatic ring is 1. The quantitative estimate of drug-likeness (QED) is 0.841. The lowest BCUT2D eigenvalue weighted by atomic mass is 9.78. The van der Waals surface area contributed by atoms with Gasteiger partial charge in [-0.25, -0.2) is 0 Å². The summed E-state index contributed by atoms with van der Waals surface area (Å²) in [6.07, 6.45) is 3.51. The van der Waals surface area contributed by atoms with E-state index in [1.807, 2.05) is 31.1 Å². The molecule has 3 N–H and O–H groups in total. The van der Waals surface area contributed by atoms with Crippen LogP contribution in [0.2, 0.25) is 0 Å². The lowest BCUT2D eigenvalue weighted by Crippen LogP contribution is -2.44. The fourth-order valence-electron chi connectivity index (χ4n) is 3.16. The summed E-state index contributed by atoms with van der Waals surface area (Å²) in [6.45, 7) is 4.51. The van der Waals surface area contributed by atoms with Gasteiger partial charge in [0.2, 0.25) is 0 Å². The highest BCUT2D eigenvalue weighted by Crippen LogP contribution is 2.30. The number of hydrogen-bond donors (Lipinski definition) is 2. The van der Waals surface area contributed by atoms with E-state index in [1.54, 1.807) is 6.07 Å². The van der Waals surface area contributed by atoms with Crippen LogP contribution in [0.3, 0.4) is 0 Å². The first-order chi connectivity index (χ1) is 9.90. The van der Waals surface area contributed by atoms with E-state index in [0.717, 1.165) is 12.1 Å². The molecule has 0 aromatic heterocycles. The maximum Gasteiger partial charge on any atom is 0.253 e. The Bertz CT molecular complexity index is 513. The lowest BCUT2D eigenvalue weighted by molar-refractivity contribution is 0.0891. The maximum atomic E-state index is 12.6. The van der Waals surface area contributed by atoms with Gasteiger partial charge >= 0.3 is 0 Å². The molecule has 4 heteroatoms. The van der Waals surface area contributed by atoms with Gasteiger partial charge in [-0.3, -0.25) is 4.79 Å². The Hall–Kier alpha value is -1.71. The molecule has 116 valence electrons. The summed E-state index contributed by atoms with van der Waals surface area (Å²) in [4.78, 5) is 14.6. The Morgan fingerprint density at radius 1 is 1.29 bits per heavy atom. The predicted molar refractivity (Wildman–Crippen MR) is 88.6 cm³/mol. The molecule has 4 nitrogen and oxygen atoms in total. The fourth-order valence-corrected chi connectivity index (χ4v) is 3.16. The minimum Gasteiger partial charge on any atom is -0.399 e. The van der Waals surface area contributed by atoms with Crippen LogP contribution in [0, 0.1) is 11.8 Å². The third kappa shape index (κ3) is 3.49. The van der Waals surface area contributed by atoms with Crippen molar-refractivity contribution in [2.45, 2.75) is 39.2 Å². The van der Waals surface area contributed by atoms with Crippen LogP contribution < -0.4 is 16.0 Å². The van der Waals surface area contributed by atoms with Gasteiger partial charge in [0, 0.05) is 31.5 Å². The van der Waals surface area contributed by atoms with E-state index in [4.69, 9.17) is 5.73 Å². The smallest absolute Gasteiger partial charge is 0.253 e. The normalized spacial score (nSPS) is 25.4. The number of rotatable bonds is 3. The topological polar surface area (TPSA) is 58.4 Å². The molecule has 21 heavy (non-hydrogen) atoms. The highest BCUT2D eigenvalue weighted by Gasteiger charge is 2.29. The number of hydrogen-bond acceptors (Lipinski definition) is 3. The lowest BCUT2D eigenvalue weighted by Gasteiger charge is -2.34. The summed E-state index contributed by atoms with van der Waals surface area (Å²) in [5, 5.41) is 3.22. The summed E-state index contributed by atoms with van der Waals surface area (Å²) < 4.78 is 0. The van der Waals surface area contributed by atoms with Crippen LogP contribution in [0.1, 0.15) is 43.5 Å². The number of carbonyl (C=O) groups excluding carboxylic acids is 1. The highest BCUT2D eigenvalue weighted by atomic mass is 16.1. The molecule has 1 saturated carbocycles. The van der Waals surface area contributed by atoms with Gasteiger partial charge in [-0.1, -0.05) is 26.7 Å². The van der Waals surface area contributed by atoms with Gasteiger partial charge in [0.1, 0.15) is 0 Å². The van der Waals surface area contributed by atoms with Gasteiger partial charge in [-0.05, 0) is 36.5 Å². The molecule has 0 bridgehead atoms. The van der Waals surface area contributed by atoms with Crippen molar-refractivity contribution < 1.29 is 4.79 Å². The Morgan fingerprint density at radius 2 is 2.00 bits per heavy atom. The van der Waals surface area contributed by atoms with Crippen molar-refractivity contribution in [2.24, 2.45) is 11.8 Å². The third-order valence-corrected chi connectivity index (χ3v) is 4.77. The molecular formula is C17H27N3O. The van der Waals surface area contributed by atoms with Crippen LogP contribution in [0.25, 0.3) is 0 Å². The van der Waals surface area contributed by atoms with E-state index >= 15 is 0 Å². The molecule has 0 heterocycles. The Kier molecular flexibility index (Phi) is 4.76. The summed E-state index contributed by atoms with van der Waals surface area (Å²) in [5.41, 5.74) is 8.03. The van der Waals surface area contributed by atoms with Gasteiger partial charge in [-0.15, -0.1) is 0 Å². The molecule has 1 amide bonds. The Morgan fingerprint density at radius 3 is 2.67 bits per heavy atom. The minimum absolute atomic E-state index is 0.0167. The zero-order valence-electron chi connectivity index (χ0n) is 13.5. The van der Waals surface area contributed by atoms with Gasteiger partial charge < -0.3 is 16.0 Å². The Labute approximate surface area is 127 Å². The largest absolute Gasteiger partial charge is 0.399 e. The molecule has 1 aromatic rings. The van der Waals surface area contributed by atoms with Gasteiger partial charge in [0.25, 0.3) is 5.91 Å². The molecule has 0 spiro atoms. The number of anilines is 2. The average molecular weight is 289 g/mol. The number of carbonyl (C=O) groups is 1. The van der Waals surface area contributed by atoms with Crippen molar-refractivity contribution in [1.29, 1.82) is 0 Å². The number of nitrogens with one attached hydrogen (secondary N) is 1. The van der Waals surface area contributed by atoms with E-state index < -0.39 is 0 Å². The van der Waals surface area contributed by atoms with Gasteiger partial charge in [-0.2, -0.15) is 0 Å². The van der Waals surface area contributed by atoms with Crippen molar-refractivity contribution in [3.05, 3.63) is 23.8 Å². The predicted octanol–water partition coefficient (Wildman–Crippen LogP) is 2.89. The van der Waals surface area contributed by atoms with Gasteiger partial charge in [0.15, 0.2) is 0 Å². The number of nitrogens with two attached hydrogens (primary N) is 1. The van der Waals surface area contributed by atoms with Crippen LogP contribution >= 0.6 is 0 Å². The molecule has 1 aliphatic carbocycles. The molecule has 1 aromatic carbocycles. The maximum absolute atomic E-state index is 12.6. The number of nitrogens with zero attached hydrogens (tertiary/aromatic N) is 1. The second kappa shape index (κ2) is 6.37. The van der Waals surface area contributed by atoms with E-state index in [2.05, 4.69) is 19.2 Å². The molecule has 3 unspecified atom stereocenters. The first-order valence-electron chi connectivity index (χ1n) is 7.78. The van der Waals surface area contributed by atoms with E-state index in [9.17, 15) is 4.79 Å². The Balaban J connectivity index is 2.18. The SMILES string of the molecule is CC1CCCC(NC(=O)c2cc(N)ccc2N(C)C)C1C. The number of benzene rings is 1. The monoisotopic (exact) mass is 289 g/mol. The van der Waals surface area contributed by atoms with Crippen LogP contribution in [0.15, 0.2) is 18.2 Å². The molecule has 3 atom stereocenters. The minimum atomic E-state index is -0.0167. The summed E-state index contributed by atoms with van der Waals surface area (Å²) in [7, 11) is 3.88. The van der Waals surface area contributed by atoms with Crippen molar-refractivity contribution in [3.63, 3.8) is 0 Å². The van der Waals surface area contributed by atoms with Gasteiger partial charge in [0.05, 0.1) is 5.56 Å². The molecule has 0 saturated heterocycles. The zero-order valence-corrected chi connectivity index (χ0v) is 13.5. The van der Waals surface area contributed by atoms with Crippen LogP contribution in [-0.2, 0) is 0 Å². The van der Waals surface area contributed by atoms with Crippen molar-refractivity contribution >= 4 is 17.3 Å². The summed E-state index contributed by atoms with van der Waals surface area (Å²) in [5.74, 6) is 1.17. The first-order valence-corrected chi connectivity index (χ1v) is 7.78. The second-order valence-corrected chi connectivity index (χ2v) is 6.52. The standard InChI is InChI=1S/C17H27N3O/c1-11-6-5-7-15(12(11)2)19-17(21)14-10-13(18)8-9-16(14)20(3)4/h8-12,15H,5-7,18H2,1-4H3,(H,19,21). The van der Waals surface area contributed by atoms with E-state index in [-0.39, 0.29) is 11.9 Å². The third-order valence-electron chi connectivity index (χ3n) is 4.77. The average Bonchev–Trinajstić information content (AvgIpc) is 2.43. The molecule has 0 radical (unpaired) electrons. The summed E-state index contributed by atoms with van der Waals surface area (Å²) in [6, 6.07) is 5.76. The zero-order chi connectivity index (χ0) is 15.6. The summed E-state index contributed by atoms with van der Waals surface area (Å²) >= 11 is 0. The molecule has 2 rings (SSSR count). The first kappa shape index (κ1) is 15.7. The fraction of sp³-hybridized carbons (Fsp3) is 0.588. The highest BCUT2D eigenvalue weighted by molar-refractivity contribution is 6.00. The van der Waals surface area contributed by atoms with Crippen molar-refractivity contribution in [3.8, 4) is 0 Å². The van der Waals surface area contributed by atoms with Crippen LogP contribution in [0.4, 0.5) is 11.4 Å². The van der Waals surface area contributed by atoms with E-state index in [0.29, 0.717) is 23.1 Å². The molecule has 1 fully saturated rings. The van der Waals surface area contributed by atoms with Crippen LogP contribution in [-0.4, -0.2) is 26.0 Å². The molecule has 1 aliphatic rings. The van der Waals surface area contributed by atoms with Crippen molar-refractivity contribution in [2.75, 3.05) is 24.7 Å².